The van der Waals surface area contributed by atoms with Gasteiger partial charge >= 0.3 is 0 Å². The van der Waals surface area contributed by atoms with Gasteiger partial charge in [-0.1, -0.05) is 17.7 Å². The zero-order valence-corrected chi connectivity index (χ0v) is 20.4. The summed E-state index contributed by atoms with van der Waals surface area (Å²) in [5, 5.41) is 9.96. The predicted octanol–water partition coefficient (Wildman–Crippen LogP) is 5.92. The second-order valence-electron chi connectivity index (χ2n) is 8.68. The van der Waals surface area contributed by atoms with Gasteiger partial charge < -0.3 is 14.7 Å². The number of carbonyl (C=O) groups excluding carboxylic acids is 1. The monoisotopic (exact) mass is 503 g/mol. The Morgan fingerprint density at radius 1 is 1.19 bits per heavy atom. The number of anilines is 1. The van der Waals surface area contributed by atoms with Crippen LogP contribution in [0, 0.1) is 36.8 Å². The number of fused-ring (bicyclic) bond motifs is 2. The molecule has 3 heterocycles. The number of halogens is 3. The van der Waals surface area contributed by atoms with E-state index in [-0.39, 0.29) is 17.7 Å². The number of ketones is 1. The van der Waals surface area contributed by atoms with Gasteiger partial charge in [0, 0.05) is 29.9 Å². The van der Waals surface area contributed by atoms with Crippen molar-refractivity contribution in [3.63, 3.8) is 0 Å². The number of aromatic nitrogens is 3. The van der Waals surface area contributed by atoms with Gasteiger partial charge in [0.1, 0.15) is 28.7 Å². The number of nitrogens with zero attached hydrogens (tertiary/aromatic N) is 4. The summed E-state index contributed by atoms with van der Waals surface area (Å²) < 4.78 is 31.8. The van der Waals surface area contributed by atoms with Crippen molar-refractivity contribution in [2.45, 2.75) is 20.3 Å². The highest BCUT2D eigenvalue weighted by atomic mass is 35.5. The van der Waals surface area contributed by atoms with Gasteiger partial charge in [0.15, 0.2) is 0 Å². The largest absolute Gasteiger partial charge is 0.394 e. The molecule has 0 aliphatic carbocycles. The van der Waals surface area contributed by atoms with Gasteiger partial charge in [-0.05, 0) is 55.3 Å². The van der Waals surface area contributed by atoms with Crippen LogP contribution in [-0.2, 0) is 13.5 Å². The first-order valence-corrected chi connectivity index (χ1v) is 11.4. The quantitative estimate of drug-likeness (QED) is 0.243. The number of nitrogens with two attached hydrogens (primary N) is 1. The molecule has 0 radical (unpaired) electrons. The molecule has 6 nitrogen and oxygen atoms in total. The highest BCUT2D eigenvalue weighted by molar-refractivity contribution is 6.38. The van der Waals surface area contributed by atoms with Crippen LogP contribution in [0.15, 0.2) is 42.6 Å². The van der Waals surface area contributed by atoms with E-state index in [1.807, 2.05) is 37.6 Å². The average molecular weight is 504 g/mol. The van der Waals surface area contributed by atoms with Crippen LogP contribution in [0.2, 0.25) is 5.02 Å². The molecule has 0 bridgehead atoms. The van der Waals surface area contributed by atoms with E-state index >= 15 is 0 Å². The first-order valence-electron chi connectivity index (χ1n) is 11.1. The molecule has 0 saturated carbocycles. The number of pyridine rings is 1. The molecule has 2 N–H and O–H groups in total. The highest BCUT2D eigenvalue weighted by Crippen LogP contribution is 2.40. The smallest absolute Gasteiger partial charge is 0.209 e. The van der Waals surface area contributed by atoms with Crippen molar-refractivity contribution in [2.75, 3.05) is 5.73 Å². The van der Waals surface area contributed by atoms with Gasteiger partial charge in [-0.25, -0.2) is 13.8 Å². The van der Waals surface area contributed by atoms with Gasteiger partial charge in [-0.3, -0.25) is 4.79 Å². The minimum absolute atomic E-state index is 0.0137. The number of hydrogen-bond donors (Lipinski definition) is 1. The molecule has 5 aromatic rings. The molecule has 36 heavy (non-hydrogen) atoms. The maximum absolute atomic E-state index is 14.1. The third-order valence-electron chi connectivity index (χ3n) is 6.52. The van der Waals surface area contributed by atoms with Crippen molar-refractivity contribution in [1.82, 2.24) is 14.0 Å². The Labute approximate surface area is 210 Å². The Morgan fingerprint density at radius 3 is 2.56 bits per heavy atom. The third kappa shape index (κ3) is 3.43. The summed E-state index contributed by atoms with van der Waals surface area (Å²) in [6.07, 6.45) is 1.68. The Kier molecular flexibility index (Phi) is 5.53. The lowest BCUT2D eigenvalue weighted by Gasteiger charge is -2.14. The van der Waals surface area contributed by atoms with E-state index < -0.39 is 23.1 Å². The summed E-state index contributed by atoms with van der Waals surface area (Å²) >= 11 is 6.90. The Morgan fingerprint density at radius 2 is 1.89 bits per heavy atom. The molecule has 0 amide bonds. The fourth-order valence-corrected chi connectivity index (χ4v) is 5.04. The first kappa shape index (κ1) is 23.5. The fourth-order valence-electron chi connectivity index (χ4n) is 4.65. The van der Waals surface area contributed by atoms with Crippen LogP contribution in [0.4, 0.5) is 14.5 Å². The number of rotatable bonds is 4. The summed E-state index contributed by atoms with van der Waals surface area (Å²) in [6.45, 7) is 3.83. The van der Waals surface area contributed by atoms with E-state index in [1.54, 1.807) is 22.7 Å². The van der Waals surface area contributed by atoms with Crippen molar-refractivity contribution < 1.29 is 13.6 Å². The van der Waals surface area contributed by atoms with Crippen LogP contribution in [0.5, 0.6) is 0 Å². The summed E-state index contributed by atoms with van der Waals surface area (Å²) in [6, 6.07) is 11.1. The first-order chi connectivity index (χ1) is 17.1. The van der Waals surface area contributed by atoms with Crippen LogP contribution in [0.25, 0.3) is 27.7 Å². The average Bonchev–Trinajstić information content (AvgIpc) is 3.35. The number of nitriles is 1. The van der Waals surface area contributed by atoms with Crippen molar-refractivity contribution >= 4 is 39.6 Å². The number of aryl methyl sites for hydroxylation is 3. The molecule has 0 spiro atoms. The minimum atomic E-state index is -1.02. The molecule has 0 aliphatic rings. The molecule has 5 rings (SSSR count). The van der Waals surface area contributed by atoms with Crippen molar-refractivity contribution in [1.29, 1.82) is 5.26 Å². The van der Waals surface area contributed by atoms with Crippen molar-refractivity contribution in [3.05, 3.63) is 87.5 Å². The molecular formula is C27H20ClF2N5O. The molecule has 0 unspecified atom stereocenters. The molecule has 0 aliphatic heterocycles. The maximum atomic E-state index is 14.1. The van der Waals surface area contributed by atoms with Crippen LogP contribution in [0.1, 0.15) is 33.0 Å². The maximum Gasteiger partial charge on any atom is 0.209 e. The Hall–Kier alpha value is -4.22. The number of hydrogen-bond acceptors (Lipinski definition) is 4. The minimum Gasteiger partial charge on any atom is -0.394 e. The topological polar surface area (TPSA) is 89.1 Å². The zero-order chi connectivity index (χ0) is 25.9. The Bertz CT molecular complexity index is 1750. The molecule has 0 saturated heterocycles. The van der Waals surface area contributed by atoms with E-state index in [1.165, 1.54) is 0 Å². The summed E-state index contributed by atoms with van der Waals surface area (Å²) in [5.41, 5.74) is 9.75. The molecule has 0 fully saturated rings. The van der Waals surface area contributed by atoms with Gasteiger partial charge in [-0.15, -0.1) is 0 Å². The van der Waals surface area contributed by atoms with E-state index in [0.717, 1.165) is 34.6 Å². The molecule has 180 valence electrons. The summed E-state index contributed by atoms with van der Waals surface area (Å²) in [4.78, 5) is 18.0. The number of imidazole rings is 1. The zero-order valence-electron chi connectivity index (χ0n) is 19.7. The molecule has 2 aromatic carbocycles. The number of nitrogen functional groups attached to an aromatic ring is 1. The molecule has 0 atom stereocenters. The standard InChI is InChI=1S/C27H20ClF2N5O/c1-13-9-20-25(33-14(2)34(20)3)23(28)22(13)17-5-4-8-35-21(12-15(6-7-31)26(17)35)27(36)16-10-18(29)24(32)19(30)11-16/h4-5,8-12H,6,32H2,1-3H3. The van der Waals surface area contributed by atoms with Crippen molar-refractivity contribution in [3.8, 4) is 17.2 Å². The highest BCUT2D eigenvalue weighted by Gasteiger charge is 2.24. The molecular weight excluding hydrogens is 484 g/mol. The van der Waals surface area contributed by atoms with Gasteiger partial charge in [-0.2, -0.15) is 5.26 Å². The number of carbonyl (C=O) groups is 1. The lowest BCUT2D eigenvalue weighted by Crippen LogP contribution is -2.08. The van der Waals surface area contributed by atoms with Gasteiger partial charge in [0.05, 0.1) is 34.2 Å². The van der Waals surface area contributed by atoms with Gasteiger partial charge in [0.25, 0.3) is 0 Å². The van der Waals surface area contributed by atoms with Crippen LogP contribution >= 0.6 is 11.6 Å². The Balaban J connectivity index is 1.79. The van der Waals surface area contributed by atoms with Crippen LogP contribution < -0.4 is 5.73 Å². The summed E-state index contributed by atoms with van der Waals surface area (Å²) in [5.74, 6) is -1.83. The predicted molar refractivity (Wildman–Crippen MR) is 135 cm³/mol. The van der Waals surface area contributed by atoms with Crippen molar-refractivity contribution in [2.24, 2.45) is 7.05 Å². The van der Waals surface area contributed by atoms with E-state index in [0.29, 0.717) is 27.2 Å². The summed E-state index contributed by atoms with van der Waals surface area (Å²) in [7, 11) is 1.92. The van der Waals surface area contributed by atoms with E-state index in [4.69, 9.17) is 17.3 Å². The second kappa shape index (κ2) is 8.47. The SMILES string of the molecule is Cc1cc2c(nc(C)n2C)c(Cl)c1-c1cccn2c(C(=O)c3cc(F)c(N)c(F)c3)cc(CC#N)c12. The molecule has 3 aromatic heterocycles. The van der Waals surface area contributed by atoms with E-state index in [2.05, 4.69) is 11.1 Å². The normalized spacial score (nSPS) is 11.4. The second-order valence-corrected chi connectivity index (χ2v) is 9.06. The third-order valence-corrected chi connectivity index (χ3v) is 6.89. The molecule has 9 heteroatoms. The van der Waals surface area contributed by atoms with Crippen LogP contribution in [0.3, 0.4) is 0 Å². The van der Waals surface area contributed by atoms with Gasteiger partial charge in [0.2, 0.25) is 5.78 Å². The van der Waals surface area contributed by atoms with E-state index in [9.17, 15) is 18.8 Å². The number of benzene rings is 2. The lowest BCUT2D eigenvalue weighted by atomic mass is 9.97. The fraction of sp³-hybridized carbons (Fsp3) is 0.148. The van der Waals surface area contributed by atoms with Crippen LogP contribution in [-0.4, -0.2) is 19.7 Å². The lowest BCUT2D eigenvalue weighted by molar-refractivity contribution is 0.103.